The molecule has 3 rings (SSSR count). The summed E-state index contributed by atoms with van der Waals surface area (Å²) in [5, 5.41) is 0. The van der Waals surface area contributed by atoms with Crippen molar-refractivity contribution < 1.29 is 23.5 Å². The molecule has 130 valence electrons. The second-order valence-corrected chi connectivity index (χ2v) is 12.3. The number of Topliss-reactive ketones (excluding diaryl/α,β-unsaturated/α-hetero) is 3. The molecule has 5 nitrogen and oxygen atoms in total. The number of carbonyl (C=O) groups is 3. The summed E-state index contributed by atoms with van der Waals surface area (Å²) in [6, 6.07) is 0. The van der Waals surface area contributed by atoms with Crippen LogP contribution in [0.25, 0.3) is 0 Å². The summed E-state index contributed by atoms with van der Waals surface area (Å²) in [6.45, 7) is 9.53. The number of hydrogen-bond acceptors (Lipinski definition) is 5. The van der Waals surface area contributed by atoms with Crippen molar-refractivity contribution in [1.82, 2.24) is 0 Å². The largest absolute Gasteiger partial charge is 0.411 e. The molecule has 0 fully saturated rings. The van der Waals surface area contributed by atoms with Crippen LogP contribution in [0.1, 0.15) is 20.3 Å². The fraction of sp³-hybridized carbons (Fsp3) is 0.611. The molecule has 0 saturated carbocycles. The van der Waals surface area contributed by atoms with Gasteiger partial charge in [-0.15, -0.1) is 0 Å². The summed E-state index contributed by atoms with van der Waals surface area (Å²) < 4.78 is 11.7. The van der Waals surface area contributed by atoms with Crippen LogP contribution in [-0.4, -0.2) is 44.0 Å². The highest BCUT2D eigenvalue weighted by Gasteiger charge is 2.52. The van der Waals surface area contributed by atoms with Crippen molar-refractivity contribution >= 4 is 25.7 Å². The van der Waals surface area contributed by atoms with Crippen molar-refractivity contribution in [3.63, 3.8) is 0 Å². The molecule has 1 aliphatic heterocycles. The summed E-state index contributed by atoms with van der Waals surface area (Å²) in [7, 11) is -1.89. The Hall–Kier alpha value is -1.37. The van der Waals surface area contributed by atoms with Gasteiger partial charge in [0.15, 0.2) is 25.7 Å². The van der Waals surface area contributed by atoms with E-state index in [1.165, 1.54) is 0 Å². The van der Waals surface area contributed by atoms with Crippen molar-refractivity contribution in [2.75, 3.05) is 0 Å². The normalized spacial score (nSPS) is 36.7. The van der Waals surface area contributed by atoms with E-state index in [2.05, 4.69) is 19.6 Å². The summed E-state index contributed by atoms with van der Waals surface area (Å²) in [6.07, 6.45) is 2.66. The van der Waals surface area contributed by atoms with Crippen LogP contribution in [0, 0.1) is 11.8 Å². The zero-order valence-corrected chi connectivity index (χ0v) is 15.8. The second kappa shape index (κ2) is 5.86. The molecule has 0 radical (unpaired) electrons. The van der Waals surface area contributed by atoms with Crippen LogP contribution in [0.3, 0.4) is 0 Å². The predicted octanol–water partition coefficient (Wildman–Crippen LogP) is 2.22. The molecule has 0 aromatic carbocycles. The first kappa shape index (κ1) is 17.4. The topological polar surface area (TPSA) is 69.7 Å². The van der Waals surface area contributed by atoms with E-state index >= 15 is 0 Å². The molecule has 1 heterocycles. The van der Waals surface area contributed by atoms with Gasteiger partial charge in [-0.2, -0.15) is 0 Å². The standard InChI is InChI=1S/C18H24O5Si/c1-9-13-15(16(19)10(2)22-9)17(20)11-7-6-8-12(14(11)18(13)21)23-24(3,4)5/h6,8-12,14H,7H2,1-5H3/t9-,10-,11?,12?,14?/m1/s1. The number of hydrogen-bond donors (Lipinski definition) is 0. The molecule has 3 unspecified atom stereocenters. The fourth-order valence-electron chi connectivity index (χ4n) is 3.90. The maximum atomic E-state index is 13.2. The first-order valence-electron chi connectivity index (χ1n) is 8.48. The SMILES string of the molecule is C[C@H]1O[C@H](C)C2=C(C(=O)C3CC=CC(O[Si](C)(C)C)C3C2=O)C1=O. The molecule has 0 spiro atoms. The Bertz CT molecular complexity index is 669. The van der Waals surface area contributed by atoms with Gasteiger partial charge in [-0.25, -0.2) is 0 Å². The first-order chi connectivity index (χ1) is 11.1. The maximum absolute atomic E-state index is 13.2. The lowest BCUT2D eigenvalue weighted by Crippen LogP contribution is -2.53. The third-order valence-corrected chi connectivity index (χ3v) is 5.82. The van der Waals surface area contributed by atoms with Crippen LogP contribution >= 0.6 is 0 Å². The molecule has 0 saturated heterocycles. The summed E-state index contributed by atoms with van der Waals surface area (Å²) >= 11 is 0. The van der Waals surface area contributed by atoms with Crippen LogP contribution in [-0.2, 0) is 23.5 Å². The molecule has 3 aliphatic rings. The van der Waals surface area contributed by atoms with Gasteiger partial charge in [-0.05, 0) is 39.9 Å². The van der Waals surface area contributed by atoms with Crippen molar-refractivity contribution in [3.8, 4) is 0 Å². The van der Waals surface area contributed by atoms with Crippen LogP contribution in [0.5, 0.6) is 0 Å². The molecule has 0 aromatic heterocycles. The minimum Gasteiger partial charge on any atom is -0.411 e. The number of fused-ring (bicyclic) bond motifs is 1. The third-order valence-electron chi connectivity index (χ3n) is 4.84. The van der Waals surface area contributed by atoms with Gasteiger partial charge in [0.05, 0.1) is 23.7 Å². The Labute approximate surface area is 143 Å². The Balaban J connectivity index is 2.06. The second-order valence-electron chi connectivity index (χ2n) is 7.79. The summed E-state index contributed by atoms with van der Waals surface area (Å²) in [4.78, 5) is 38.6. The van der Waals surface area contributed by atoms with Crippen LogP contribution in [0.2, 0.25) is 19.6 Å². The molecule has 2 aliphatic carbocycles. The smallest absolute Gasteiger partial charge is 0.195 e. The highest BCUT2D eigenvalue weighted by molar-refractivity contribution is 6.69. The van der Waals surface area contributed by atoms with Gasteiger partial charge < -0.3 is 9.16 Å². The highest BCUT2D eigenvalue weighted by Crippen LogP contribution is 2.42. The lowest BCUT2D eigenvalue weighted by molar-refractivity contribution is -0.143. The number of rotatable bonds is 2. The average Bonchev–Trinajstić information content (AvgIpc) is 2.46. The minimum atomic E-state index is -1.89. The maximum Gasteiger partial charge on any atom is 0.195 e. The monoisotopic (exact) mass is 348 g/mol. The Kier molecular flexibility index (Phi) is 4.26. The fourth-order valence-corrected chi connectivity index (χ4v) is 4.94. The van der Waals surface area contributed by atoms with E-state index in [-0.39, 0.29) is 28.5 Å². The van der Waals surface area contributed by atoms with E-state index in [0.717, 1.165) is 0 Å². The lowest BCUT2D eigenvalue weighted by Gasteiger charge is -2.42. The van der Waals surface area contributed by atoms with Crippen molar-refractivity contribution in [2.45, 2.75) is 58.2 Å². The minimum absolute atomic E-state index is 0.0783. The van der Waals surface area contributed by atoms with Crippen LogP contribution in [0.4, 0.5) is 0 Å². The first-order valence-corrected chi connectivity index (χ1v) is 11.9. The third kappa shape index (κ3) is 2.76. The number of ketones is 3. The van der Waals surface area contributed by atoms with Crippen LogP contribution in [0.15, 0.2) is 23.3 Å². The van der Waals surface area contributed by atoms with Crippen molar-refractivity contribution in [1.29, 1.82) is 0 Å². The molecule has 5 atom stereocenters. The lowest BCUT2D eigenvalue weighted by atomic mass is 9.66. The predicted molar refractivity (Wildman–Crippen MR) is 91.0 cm³/mol. The summed E-state index contributed by atoms with van der Waals surface area (Å²) in [5.41, 5.74) is 0.332. The molecule has 6 heteroatoms. The van der Waals surface area contributed by atoms with Gasteiger partial charge in [0.1, 0.15) is 6.10 Å². The molecule has 0 aromatic rings. The van der Waals surface area contributed by atoms with Gasteiger partial charge in [0.2, 0.25) is 0 Å². The average molecular weight is 348 g/mol. The van der Waals surface area contributed by atoms with E-state index in [4.69, 9.17) is 9.16 Å². The van der Waals surface area contributed by atoms with E-state index in [9.17, 15) is 14.4 Å². The van der Waals surface area contributed by atoms with Crippen molar-refractivity contribution in [2.24, 2.45) is 11.8 Å². The molecule has 0 bridgehead atoms. The number of allylic oxidation sites excluding steroid dienone is 1. The zero-order chi connectivity index (χ0) is 17.8. The molecule has 0 amide bonds. The molecular formula is C18H24O5Si. The number of ether oxygens (including phenoxy) is 1. The van der Waals surface area contributed by atoms with Crippen molar-refractivity contribution in [3.05, 3.63) is 23.3 Å². The molecular weight excluding hydrogens is 324 g/mol. The van der Waals surface area contributed by atoms with E-state index in [1.54, 1.807) is 13.8 Å². The van der Waals surface area contributed by atoms with Gasteiger partial charge in [0.25, 0.3) is 0 Å². The molecule has 24 heavy (non-hydrogen) atoms. The molecule has 0 N–H and O–H groups in total. The Morgan fingerprint density at radius 1 is 1.04 bits per heavy atom. The quantitative estimate of drug-likeness (QED) is 0.435. The highest BCUT2D eigenvalue weighted by atomic mass is 28.4. The van der Waals surface area contributed by atoms with Crippen LogP contribution < -0.4 is 0 Å². The zero-order valence-electron chi connectivity index (χ0n) is 14.8. The van der Waals surface area contributed by atoms with Gasteiger partial charge in [0, 0.05) is 11.5 Å². The number of carbonyl (C=O) groups excluding carboxylic acids is 3. The summed E-state index contributed by atoms with van der Waals surface area (Å²) in [5.74, 6) is -1.77. The van der Waals surface area contributed by atoms with E-state index in [1.807, 2.05) is 12.2 Å². The Morgan fingerprint density at radius 2 is 1.71 bits per heavy atom. The van der Waals surface area contributed by atoms with Gasteiger partial charge in [-0.3, -0.25) is 14.4 Å². The van der Waals surface area contributed by atoms with Gasteiger partial charge >= 0.3 is 0 Å². The van der Waals surface area contributed by atoms with Gasteiger partial charge in [-0.1, -0.05) is 12.2 Å². The van der Waals surface area contributed by atoms with E-state index < -0.39 is 38.5 Å². The van der Waals surface area contributed by atoms with E-state index in [0.29, 0.717) is 6.42 Å². The Morgan fingerprint density at radius 3 is 2.33 bits per heavy atom.